The van der Waals surface area contributed by atoms with E-state index in [9.17, 15) is 4.79 Å². The summed E-state index contributed by atoms with van der Waals surface area (Å²) < 4.78 is 5.94. The van der Waals surface area contributed by atoms with E-state index in [0.717, 1.165) is 17.0 Å². The molecule has 0 spiro atoms. The van der Waals surface area contributed by atoms with Crippen molar-refractivity contribution in [3.8, 4) is 11.5 Å². The van der Waals surface area contributed by atoms with Crippen LogP contribution in [0.2, 0.25) is 0 Å². The van der Waals surface area contributed by atoms with E-state index >= 15 is 0 Å². The largest absolute Gasteiger partial charge is 0.455 e. The molecule has 3 aromatic carbocycles. The maximum Gasteiger partial charge on any atom is 0.254 e. The van der Waals surface area contributed by atoms with Crippen LogP contribution in [0.4, 0.5) is 11.6 Å². The van der Waals surface area contributed by atoms with Gasteiger partial charge in [-0.1, -0.05) is 60.7 Å². The van der Waals surface area contributed by atoms with E-state index in [-0.39, 0.29) is 5.91 Å². The highest BCUT2D eigenvalue weighted by molar-refractivity contribution is 5.93. The third-order valence-electron chi connectivity index (χ3n) is 4.31. The Morgan fingerprint density at radius 2 is 1.43 bits per heavy atom. The number of benzene rings is 3. The maximum absolute atomic E-state index is 12.3. The first-order chi connectivity index (χ1) is 14.8. The van der Waals surface area contributed by atoms with E-state index in [0.29, 0.717) is 23.8 Å². The SMILES string of the molecule is O=C(NCc1ccccc1)c1cnc(Nc2ccccc2Oc2ccccc2)nc1. The predicted octanol–water partition coefficient (Wildman–Crippen LogP) is 4.94. The molecule has 4 aromatic rings. The van der Waals surface area contributed by atoms with Crippen molar-refractivity contribution in [1.29, 1.82) is 0 Å². The zero-order valence-corrected chi connectivity index (χ0v) is 16.2. The Hall–Kier alpha value is -4.19. The molecule has 0 saturated heterocycles. The molecule has 6 heteroatoms. The molecule has 1 aromatic heterocycles. The molecule has 2 N–H and O–H groups in total. The molecule has 148 valence electrons. The number of hydrogen-bond acceptors (Lipinski definition) is 5. The lowest BCUT2D eigenvalue weighted by Gasteiger charge is -2.12. The molecule has 0 fully saturated rings. The van der Waals surface area contributed by atoms with Gasteiger partial charge in [-0.15, -0.1) is 0 Å². The van der Waals surface area contributed by atoms with Crippen molar-refractivity contribution in [1.82, 2.24) is 15.3 Å². The minimum Gasteiger partial charge on any atom is -0.455 e. The lowest BCUT2D eigenvalue weighted by Crippen LogP contribution is -2.23. The lowest BCUT2D eigenvalue weighted by atomic mass is 10.2. The number of aromatic nitrogens is 2. The van der Waals surface area contributed by atoms with E-state index in [2.05, 4.69) is 20.6 Å². The maximum atomic E-state index is 12.3. The average molecular weight is 396 g/mol. The topological polar surface area (TPSA) is 76.1 Å². The molecule has 0 radical (unpaired) electrons. The Balaban J connectivity index is 1.41. The molecule has 4 rings (SSSR count). The fourth-order valence-electron chi connectivity index (χ4n) is 2.78. The highest BCUT2D eigenvalue weighted by Gasteiger charge is 2.09. The van der Waals surface area contributed by atoms with Crippen molar-refractivity contribution in [2.24, 2.45) is 0 Å². The number of para-hydroxylation sites is 3. The number of hydrogen-bond donors (Lipinski definition) is 2. The van der Waals surface area contributed by atoms with Gasteiger partial charge in [0.25, 0.3) is 5.91 Å². The quantitative estimate of drug-likeness (QED) is 0.463. The van der Waals surface area contributed by atoms with E-state index in [1.165, 1.54) is 12.4 Å². The van der Waals surface area contributed by atoms with Gasteiger partial charge in [0.2, 0.25) is 5.95 Å². The van der Waals surface area contributed by atoms with Crippen LogP contribution in [0.1, 0.15) is 15.9 Å². The second kappa shape index (κ2) is 9.34. The van der Waals surface area contributed by atoms with Crippen molar-refractivity contribution in [3.63, 3.8) is 0 Å². The molecule has 0 bridgehead atoms. The molecule has 0 unspecified atom stereocenters. The van der Waals surface area contributed by atoms with Gasteiger partial charge in [0.05, 0.1) is 11.3 Å². The average Bonchev–Trinajstić information content (AvgIpc) is 2.81. The van der Waals surface area contributed by atoms with E-state index in [4.69, 9.17) is 4.74 Å². The normalized spacial score (nSPS) is 10.3. The number of amides is 1. The number of nitrogens with zero attached hydrogens (tertiary/aromatic N) is 2. The van der Waals surface area contributed by atoms with Crippen LogP contribution in [-0.4, -0.2) is 15.9 Å². The Kier molecular flexibility index (Phi) is 5.96. The minimum absolute atomic E-state index is 0.224. The second-order valence-corrected chi connectivity index (χ2v) is 6.50. The number of ether oxygens (including phenoxy) is 1. The zero-order valence-electron chi connectivity index (χ0n) is 16.2. The van der Waals surface area contributed by atoms with Gasteiger partial charge in [-0.2, -0.15) is 0 Å². The van der Waals surface area contributed by atoms with E-state index in [1.807, 2.05) is 84.9 Å². The van der Waals surface area contributed by atoms with Crippen LogP contribution >= 0.6 is 0 Å². The van der Waals surface area contributed by atoms with Gasteiger partial charge in [0, 0.05) is 18.9 Å². The van der Waals surface area contributed by atoms with Gasteiger partial charge < -0.3 is 15.4 Å². The molecule has 0 atom stereocenters. The van der Waals surface area contributed by atoms with Crippen LogP contribution in [0.5, 0.6) is 11.5 Å². The van der Waals surface area contributed by atoms with Crippen LogP contribution in [-0.2, 0) is 6.54 Å². The zero-order chi connectivity index (χ0) is 20.6. The Morgan fingerprint density at radius 3 is 2.17 bits per heavy atom. The van der Waals surface area contributed by atoms with Crippen molar-refractivity contribution in [3.05, 3.63) is 108 Å². The first-order valence-electron chi connectivity index (χ1n) is 9.51. The van der Waals surface area contributed by atoms with Crippen LogP contribution in [0, 0.1) is 0 Å². The van der Waals surface area contributed by atoms with Crippen molar-refractivity contribution < 1.29 is 9.53 Å². The summed E-state index contributed by atoms with van der Waals surface area (Å²) in [6.07, 6.45) is 2.99. The molecule has 0 saturated carbocycles. The van der Waals surface area contributed by atoms with Gasteiger partial charge in [-0.3, -0.25) is 4.79 Å². The fraction of sp³-hybridized carbons (Fsp3) is 0.0417. The first kappa shape index (κ1) is 19.1. The molecule has 6 nitrogen and oxygen atoms in total. The molecular weight excluding hydrogens is 376 g/mol. The third kappa shape index (κ3) is 4.99. The Morgan fingerprint density at radius 1 is 0.800 bits per heavy atom. The minimum atomic E-state index is -0.224. The Labute approximate surface area is 174 Å². The fourth-order valence-corrected chi connectivity index (χ4v) is 2.78. The number of carbonyl (C=O) groups excluding carboxylic acids is 1. The van der Waals surface area contributed by atoms with Crippen LogP contribution in [0.25, 0.3) is 0 Å². The highest BCUT2D eigenvalue weighted by Crippen LogP contribution is 2.30. The van der Waals surface area contributed by atoms with Crippen LogP contribution < -0.4 is 15.4 Å². The molecule has 0 aliphatic carbocycles. The summed E-state index contributed by atoms with van der Waals surface area (Å²) in [7, 11) is 0. The van der Waals surface area contributed by atoms with Crippen LogP contribution in [0.15, 0.2) is 97.3 Å². The Bertz CT molecular complexity index is 1100. The van der Waals surface area contributed by atoms with Gasteiger partial charge >= 0.3 is 0 Å². The predicted molar refractivity (Wildman–Crippen MR) is 116 cm³/mol. The van der Waals surface area contributed by atoms with Crippen molar-refractivity contribution in [2.75, 3.05) is 5.32 Å². The summed E-state index contributed by atoms with van der Waals surface area (Å²) in [6.45, 7) is 0.448. The van der Waals surface area contributed by atoms with Crippen molar-refractivity contribution >= 4 is 17.5 Å². The number of nitrogens with one attached hydrogen (secondary N) is 2. The standard InChI is InChI=1S/C24H20N4O2/c29-23(25-15-18-9-3-1-4-10-18)19-16-26-24(27-17-19)28-21-13-7-8-14-22(21)30-20-11-5-2-6-12-20/h1-14,16-17H,15H2,(H,25,29)(H,26,27,28). The number of rotatable bonds is 7. The third-order valence-corrected chi connectivity index (χ3v) is 4.31. The molecule has 0 aliphatic heterocycles. The summed E-state index contributed by atoms with van der Waals surface area (Å²) in [4.78, 5) is 20.8. The van der Waals surface area contributed by atoms with Gasteiger partial charge in [-0.05, 0) is 29.8 Å². The lowest BCUT2D eigenvalue weighted by molar-refractivity contribution is 0.0950. The first-order valence-corrected chi connectivity index (χ1v) is 9.51. The number of carbonyl (C=O) groups is 1. The molecule has 1 amide bonds. The highest BCUT2D eigenvalue weighted by atomic mass is 16.5. The molecule has 30 heavy (non-hydrogen) atoms. The summed E-state index contributed by atoms with van der Waals surface area (Å²) in [5, 5.41) is 6.00. The molecule has 1 heterocycles. The monoisotopic (exact) mass is 396 g/mol. The summed E-state index contributed by atoms with van der Waals surface area (Å²) in [5.41, 5.74) is 2.15. The van der Waals surface area contributed by atoms with E-state index in [1.54, 1.807) is 0 Å². The number of anilines is 2. The van der Waals surface area contributed by atoms with Crippen molar-refractivity contribution in [2.45, 2.75) is 6.54 Å². The van der Waals surface area contributed by atoms with Crippen LogP contribution in [0.3, 0.4) is 0 Å². The molecular formula is C24H20N4O2. The molecule has 0 aliphatic rings. The smallest absolute Gasteiger partial charge is 0.254 e. The summed E-state index contributed by atoms with van der Waals surface area (Å²) in [5.74, 6) is 1.53. The van der Waals surface area contributed by atoms with Gasteiger partial charge in [0.15, 0.2) is 5.75 Å². The van der Waals surface area contributed by atoms with Gasteiger partial charge in [-0.25, -0.2) is 9.97 Å². The summed E-state index contributed by atoms with van der Waals surface area (Å²) >= 11 is 0. The van der Waals surface area contributed by atoms with E-state index < -0.39 is 0 Å². The second-order valence-electron chi connectivity index (χ2n) is 6.50. The van der Waals surface area contributed by atoms with Gasteiger partial charge in [0.1, 0.15) is 5.75 Å². The summed E-state index contributed by atoms with van der Waals surface area (Å²) in [6, 6.07) is 26.8.